The number of benzene rings is 1. The van der Waals surface area contributed by atoms with Crippen LogP contribution in [0.5, 0.6) is 11.5 Å². The van der Waals surface area contributed by atoms with E-state index in [0.717, 1.165) is 12.1 Å². The molecule has 1 aromatic rings. The van der Waals surface area contributed by atoms with Crippen LogP contribution in [0.15, 0.2) is 18.2 Å². The topological polar surface area (TPSA) is 73.6 Å². The van der Waals surface area contributed by atoms with E-state index in [1.54, 1.807) is 14.0 Å². The van der Waals surface area contributed by atoms with Gasteiger partial charge in [-0.25, -0.2) is 0 Å². The number of rotatable bonds is 7. The fourth-order valence-electron chi connectivity index (χ4n) is 1.61. The number of methoxy groups -OCH3 is 1. The highest BCUT2D eigenvalue weighted by atomic mass is 16.5. The van der Waals surface area contributed by atoms with E-state index in [1.807, 2.05) is 18.2 Å². The van der Waals surface area contributed by atoms with Gasteiger partial charge in [0.15, 0.2) is 11.5 Å². The molecule has 0 heterocycles. The molecule has 0 spiro atoms. The fraction of sp³-hybridized carbons (Fsp3) is 0.562. The summed E-state index contributed by atoms with van der Waals surface area (Å²) in [6.45, 7) is 9.05. The van der Waals surface area contributed by atoms with Gasteiger partial charge >= 0.3 is 0 Å². The maximum atomic E-state index is 11.1. The second-order valence-corrected chi connectivity index (χ2v) is 6.20. The average molecular weight is 294 g/mol. The number of hydrogen-bond acceptors (Lipinski definition) is 4. The summed E-state index contributed by atoms with van der Waals surface area (Å²) in [5.74, 6) is 0.551. The van der Waals surface area contributed by atoms with Crippen molar-refractivity contribution in [3.05, 3.63) is 23.8 Å². The van der Waals surface area contributed by atoms with Crippen LogP contribution < -0.4 is 20.5 Å². The maximum absolute atomic E-state index is 11.1. The van der Waals surface area contributed by atoms with Crippen molar-refractivity contribution in [3.63, 3.8) is 0 Å². The van der Waals surface area contributed by atoms with Crippen LogP contribution in [-0.4, -0.2) is 25.2 Å². The lowest BCUT2D eigenvalue weighted by molar-refractivity contribution is -0.122. The number of primary amides is 1. The minimum Gasteiger partial charge on any atom is -0.493 e. The van der Waals surface area contributed by atoms with E-state index in [4.69, 9.17) is 15.2 Å². The Morgan fingerprint density at radius 1 is 1.33 bits per heavy atom. The molecule has 0 aliphatic heterocycles. The Morgan fingerprint density at radius 2 is 2.00 bits per heavy atom. The van der Waals surface area contributed by atoms with Crippen molar-refractivity contribution in [2.75, 3.05) is 13.7 Å². The van der Waals surface area contributed by atoms with Crippen LogP contribution in [0.2, 0.25) is 0 Å². The Balaban J connectivity index is 2.78. The monoisotopic (exact) mass is 294 g/mol. The molecule has 1 atom stereocenters. The van der Waals surface area contributed by atoms with Crippen molar-refractivity contribution in [1.82, 2.24) is 5.32 Å². The molecular formula is C16H26N2O3. The number of nitrogens with two attached hydrogens (primary N) is 1. The van der Waals surface area contributed by atoms with Crippen molar-refractivity contribution in [1.29, 1.82) is 0 Å². The van der Waals surface area contributed by atoms with Gasteiger partial charge in [-0.05, 0) is 38.5 Å². The summed E-state index contributed by atoms with van der Waals surface area (Å²) in [6, 6.07) is 5.77. The van der Waals surface area contributed by atoms with Crippen LogP contribution in [0.3, 0.4) is 0 Å². The van der Waals surface area contributed by atoms with Crippen molar-refractivity contribution >= 4 is 5.91 Å². The molecule has 5 heteroatoms. The first-order valence-corrected chi connectivity index (χ1v) is 7.07. The molecule has 0 fully saturated rings. The molecule has 0 aliphatic carbocycles. The third-order valence-corrected chi connectivity index (χ3v) is 3.03. The van der Waals surface area contributed by atoms with Gasteiger partial charge in [0.2, 0.25) is 5.91 Å². The molecule has 1 rings (SSSR count). The number of amides is 1. The first kappa shape index (κ1) is 17.3. The zero-order valence-corrected chi connectivity index (χ0v) is 13.5. The summed E-state index contributed by atoms with van der Waals surface area (Å²) >= 11 is 0. The standard InChI is InChI=1S/C16H26N2O3/c1-11(15(17)19)10-21-14-8-12(6-7-13(14)20-5)9-18-16(2,3)4/h6-8,11,18H,9-10H2,1-5H3,(H2,17,19). The highest BCUT2D eigenvalue weighted by Crippen LogP contribution is 2.28. The Kier molecular flexibility index (Phi) is 6.03. The highest BCUT2D eigenvalue weighted by Gasteiger charge is 2.13. The van der Waals surface area contributed by atoms with Crippen molar-refractivity contribution in [2.45, 2.75) is 39.8 Å². The molecule has 0 saturated heterocycles. The van der Waals surface area contributed by atoms with E-state index < -0.39 is 0 Å². The summed E-state index contributed by atoms with van der Waals surface area (Å²) in [7, 11) is 1.59. The Labute approximate surface area is 126 Å². The minimum atomic E-state index is -0.375. The van der Waals surface area contributed by atoms with Gasteiger partial charge in [-0.2, -0.15) is 0 Å². The summed E-state index contributed by atoms with van der Waals surface area (Å²) in [6.07, 6.45) is 0. The van der Waals surface area contributed by atoms with Gasteiger partial charge in [-0.15, -0.1) is 0 Å². The fourth-order valence-corrected chi connectivity index (χ4v) is 1.61. The molecule has 118 valence electrons. The second kappa shape index (κ2) is 7.31. The molecule has 0 radical (unpaired) electrons. The van der Waals surface area contributed by atoms with Gasteiger partial charge in [-0.3, -0.25) is 4.79 Å². The van der Waals surface area contributed by atoms with E-state index in [9.17, 15) is 4.79 Å². The van der Waals surface area contributed by atoms with Crippen LogP contribution in [0.4, 0.5) is 0 Å². The number of nitrogens with one attached hydrogen (secondary N) is 1. The smallest absolute Gasteiger partial charge is 0.223 e. The van der Waals surface area contributed by atoms with Crippen LogP contribution in [0.1, 0.15) is 33.3 Å². The first-order valence-electron chi connectivity index (χ1n) is 7.07. The van der Waals surface area contributed by atoms with Gasteiger partial charge in [0, 0.05) is 12.1 Å². The largest absolute Gasteiger partial charge is 0.493 e. The molecule has 1 amide bonds. The molecule has 0 aliphatic rings. The lowest BCUT2D eigenvalue weighted by Crippen LogP contribution is -2.35. The highest BCUT2D eigenvalue weighted by molar-refractivity contribution is 5.76. The van der Waals surface area contributed by atoms with Gasteiger partial charge in [0.1, 0.15) is 0 Å². The number of carbonyl (C=O) groups is 1. The molecule has 0 saturated carbocycles. The molecule has 1 unspecified atom stereocenters. The van der Waals surface area contributed by atoms with Gasteiger partial charge in [-0.1, -0.05) is 13.0 Å². The molecule has 5 nitrogen and oxygen atoms in total. The van der Waals surface area contributed by atoms with Crippen LogP contribution >= 0.6 is 0 Å². The van der Waals surface area contributed by atoms with Crippen molar-refractivity contribution in [2.24, 2.45) is 11.7 Å². The molecule has 0 aromatic heterocycles. The lowest BCUT2D eigenvalue weighted by atomic mass is 10.1. The zero-order chi connectivity index (χ0) is 16.0. The SMILES string of the molecule is COc1ccc(CNC(C)(C)C)cc1OCC(C)C(N)=O. The van der Waals surface area contributed by atoms with Crippen LogP contribution in [-0.2, 0) is 11.3 Å². The molecular weight excluding hydrogens is 268 g/mol. The minimum absolute atomic E-state index is 0.0431. The van der Waals surface area contributed by atoms with E-state index in [1.165, 1.54) is 0 Å². The van der Waals surface area contributed by atoms with E-state index in [-0.39, 0.29) is 24.0 Å². The summed E-state index contributed by atoms with van der Waals surface area (Å²) < 4.78 is 10.9. The zero-order valence-electron chi connectivity index (χ0n) is 13.5. The molecule has 0 bridgehead atoms. The van der Waals surface area contributed by atoms with Crippen LogP contribution in [0.25, 0.3) is 0 Å². The maximum Gasteiger partial charge on any atom is 0.223 e. The number of ether oxygens (including phenoxy) is 2. The molecule has 1 aromatic carbocycles. The predicted octanol–water partition coefficient (Wildman–Crippen LogP) is 2.08. The quantitative estimate of drug-likeness (QED) is 0.807. The summed E-state index contributed by atoms with van der Waals surface area (Å²) in [5, 5.41) is 3.42. The third kappa shape index (κ3) is 6.04. The van der Waals surface area contributed by atoms with Gasteiger partial charge in [0.25, 0.3) is 0 Å². The van der Waals surface area contributed by atoms with E-state index in [0.29, 0.717) is 11.5 Å². The van der Waals surface area contributed by atoms with Crippen molar-refractivity contribution in [3.8, 4) is 11.5 Å². The molecule has 21 heavy (non-hydrogen) atoms. The van der Waals surface area contributed by atoms with Gasteiger partial charge < -0.3 is 20.5 Å². The summed E-state index contributed by atoms with van der Waals surface area (Å²) in [4.78, 5) is 11.1. The number of hydrogen-bond donors (Lipinski definition) is 2. The van der Waals surface area contributed by atoms with E-state index >= 15 is 0 Å². The lowest BCUT2D eigenvalue weighted by Gasteiger charge is -2.21. The average Bonchev–Trinajstić information content (AvgIpc) is 2.41. The summed E-state index contributed by atoms with van der Waals surface area (Å²) in [5.41, 5.74) is 6.37. The van der Waals surface area contributed by atoms with E-state index in [2.05, 4.69) is 26.1 Å². The second-order valence-electron chi connectivity index (χ2n) is 6.20. The Bertz CT molecular complexity index is 481. The first-order chi connectivity index (χ1) is 9.73. The van der Waals surface area contributed by atoms with Crippen molar-refractivity contribution < 1.29 is 14.3 Å². The third-order valence-electron chi connectivity index (χ3n) is 3.03. The Morgan fingerprint density at radius 3 is 2.52 bits per heavy atom. The normalized spacial score (nSPS) is 12.8. The van der Waals surface area contributed by atoms with Gasteiger partial charge in [0.05, 0.1) is 19.6 Å². The van der Waals surface area contributed by atoms with Crippen LogP contribution in [0, 0.1) is 5.92 Å². The number of carbonyl (C=O) groups excluding carboxylic acids is 1. The molecule has 3 N–H and O–H groups in total. The predicted molar refractivity (Wildman–Crippen MR) is 83.4 cm³/mol. The Hall–Kier alpha value is -1.75.